The lowest BCUT2D eigenvalue weighted by Crippen LogP contribution is -2.10. The van der Waals surface area contributed by atoms with Gasteiger partial charge in [0.15, 0.2) is 0 Å². The molecule has 1 atom stereocenters. The first-order valence-corrected chi connectivity index (χ1v) is 5.09. The van der Waals surface area contributed by atoms with Crippen LogP contribution in [0, 0.1) is 6.92 Å². The first-order valence-electron chi connectivity index (χ1n) is 5.09. The van der Waals surface area contributed by atoms with Crippen molar-refractivity contribution in [3.8, 4) is 5.75 Å². The Morgan fingerprint density at radius 2 is 2.20 bits per heavy atom. The maximum atomic E-state index is 6.05. The van der Waals surface area contributed by atoms with E-state index >= 15 is 0 Å². The molecule has 0 aliphatic carbocycles. The van der Waals surface area contributed by atoms with Crippen LogP contribution in [-0.4, -0.2) is 7.11 Å². The molecule has 0 saturated heterocycles. The normalized spacial score (nSPS) is 12.3. The number of benzene rings is 1. The van der Waals surface area contributed by atoms with Gasteiger partial charge in [-0.15, -0.1) is 6.58 Å². The Balaban J connectivity index is 2.87. The third-order valence-electron chi connectivity index (χ3n) is 2.42. The highest BCUT2D eigenvalue weighted by Crippen LogP contribution is 2.24. The van der Waals surface area contributed by atoms with Gasteiger partial charge in [-0.05, 0) is 37.5 Å². The van der Waals surface area contributed by atoms with Gasteiger partial charge in [0.05, 0.1) is 7.11 Å². The first-order chi connectivity index (χ1) is 7.04. The van der Waals surface area contributed by atoms with Crippen LogP contribution in [0.5, 0.6) is 5.75 Å². The Labute approximate surface area is 91.7 Å². The third-order valence-corrected chi connectivity index (χ3v) is 2.42. The Morgan fingerprint density at radius 3 is 2.67 bits per heavy atom. The van der Waals surface area contributed by atoms with E-state index in [-0.39, 0.29) is 6.04 Å². The van der Waals surface area contributed by atoms with E-state index in [0.717, 1.165) is 28.9 Å². The molecule has 0 amide bonds. The fourth-order valence-corrected chi connectivity index (χ4v) is 1.63. The third kappa shape index (κ3) is 3.10. The molecule has 1 aromatic carbocycles. The highest BCUT2D eigenvalue weighted by Gasteiger charge is 2.07. The summed E-state index contributed by atoms with van der Waals surface area (Å²) < 4.78 is 5.20. The lowest BCUT2D eigenvalue weighted by Gasteiger charge is -2.14. The van der Waals surface area contributed by atoms with Crippen molar-refractivity contribution in [1.82, 2.24) is 0 Å². The summed E-state index contributed by atoms with van der Waals surface area (Å²) in [4.78, 5) is 0. The van der Waals surface area contributed by atoms with Crippen molar-refractivity contribution in [3.63, 3.8) is 0 Å². The van der Waals surface area contributed by atoms with E-state index in [9.17, 15) is 0 Å². The van der Waals surface area contributed by atoms with Crippen molar-refractivity contribution < 1.29 is 4.74 Å². The van der Waals surface area contributed by atoms with Gasteiger partial charge in [-0.3, -0.25) is 0 Å². The second-order valence-electron chi connectivity index (χ2n) is 4.00. The molecular weight excluding hydrogens is 186 g/mol. The van der Waals surface area contributed by atoms with Gasteiger partial charge < -0.3 is 10.5 Å². The highest BCUT2D eigenvalue weighted by atomic mass is 16.5. The average molecular weight is 205 g/mol. The van der Waals surface area contributed by atoms with Crippen molar-refractivity contribution in [2.75, 3.05) is 7.11 Å². The van der Waals surface area contributed by atoms with Crippen molar-refractivity contribution in [2.24, 2.45) is 5.73 Å². The summed E-state index contributed by atoms with van der Waals surface area (Å²) in [6, 6.07) is 6.08. The SMILES string of the molecule is C=C(C)CC(N)c1ccc(OC)c(C)c1. The molecular formula is C13H19NO. The smallest absolute Gasteiger partial charge is 0.121 e. The molecule has 1 unspecified atom stereocenters. The van der Waals surface area contributed by atoms with Crippen LogP contribution in [0.3, 0.4) is 0 Å². The average Bonchev–Trinajstić information content (AvgIpc) is 2.16. The molecule has 1 rings (SSSR count). The van der Waals surface area contributed by atoms with Crippen LogP contribution >= 0.6 is 0 Å². The molecule has 2 N–H and O–H groups in total. The second-order valence-corrected chi connectivity index (χ2v) is 4.00. The minimum atomic E-state index is 0.0344. The molecule has 0 spiro atoms. The predicted octanol–water partition coefficient (Wildman–Crippen LogP) is 2.97. The summed E-state index contributed by atoms with van der Waals surface area (Å²) in [6.45, 7) is 7.89. The molecule has 0 radical (unpaired) electrons. The van der Waals surface area contributed by atoms with Crippen LogP contribution < -0.4 is 10.5 Å². The molecule has 0 fully saturated rings. The predicted molar refractivity (Wildman–Crippen MR) is 64.1 cm³/mol. The van der Waals surface area contributed by atoms with Crippen molar-refractivity contribution in [3.05, 3.63) is 41.5 Å². The largest absolute Gasteiger partial charge is 0.496 e. The summed E-state index contributed by atoms with van der Waals surface area (Å²) in [6.07, 6.45) is 0.825. The zero-order valence-corrected chi connectivity index (χ0v) is 9.71. The van der Waals surface area contributed by atoms with E-state index in [0.29, 0.717) is 0 Å². The molecule has 2 heteroatoms. The molecule has 0 heterocycles. The van der Waals surface area contributed by atoms with E-state index in [1.165, 1.54) is 0 Å². The van der Waals surface area contributed by atoms with Crippen LogP contribution in [0.2, 0.25) is 0 Å². The van der Waals surface area contributed by atoms with Crippen molar-refractivity contribution in [2.45, 2.75) is 26.3 Å². The van der Waals surface area contributed by atoms with Gasteiger partial charge in [0.1, 0.15) is 5.75 Å². The van der Waals surface area contributed by atoms with Crippen LogP contribution in [0.25, 0.3) is 0 Å². The monoisotopic (exact) mass is 205 g/mol. The number of hydrogen-bond acceptors (Lipinski definition) is 2. The van der Waals surface area contributed by atoms with Gasteiger partial charge in [0.25, 0.3) is 0 Å². The highest BCUT2D eigenvalue weighted by molar-refractivity contribution is 5.37. The molecule has 0 aromatic heterocycles. The summed E-state index contributed by atoms with van der Waals surface area (Å²) in [7, 11) is 1.68. The zero-order valence-electron chi connectivity index (χ0n) is 9.71. The van der Waals surface area contributed by atoms with Gasteiger partial charge in [-0.2, -0.15) is 0 Å². The van der Waals surface area contributed by atoms with Gasteiger partial charge >= 0.3 is 0 Å². The molecule has 2 nitrogen and oxygen atoms in total. The number of aryl methyl sites for hydroxylation is 1. The Bertz CT molecular complexity index is 358. The zero-order chi connectivity index (χ0) is 11.4. The van der Waals surface area contributed by atoms with Crippen LogP contribution in [0.15, 0.2) is 30.4 Å². The van der Waals surface area contributed by atoms with E-state index in [1.807, 2.05) is 26.0 Å². The summed E-state index contributed by atoms with van der Waals surface area (Å²) in [5.41, 5.74) is 9.42. The topological polar surface area (TPSA) is 35.2 Å². The van der Waals surface area contributed by atoms with Crippen LogP contribution in [0.1, 0.15) is 30.5 Å². The number of methoxy groups -OCH3 is 1. The molecule has 15 heavy (non-hydrogen) atoms. The van der Waals surface area contributed by atoms with Gasteiger partial charge in [-0.1, -0.05) is 17.7 Å². The van der Waals surface area contributed by atoms with Gasteiger partial charge in [0.2, 0.25) is 0 Å². The fraction of sp³-hybridized carbons (Fsp3) is 0.385. The molecule has 1 aromatic rings. The maximum absolute atomic E-state index is 6.05. The number of rotatable bonds is 4. The summed E-state index contributed by atoms with van der Waals surface area (Å²) in [5.74, 6) is 0.904. The first kappa shape index (κ1) is 11.8. The number of hydrogen-bond donors (Lipinski definition) is 1. The lowest BCUT2D eigenvalue weighted by molar-refractivity contribution is 0.411. The fourth-order valence-electron chi connectivity index (χ4n) is 1.63. The van der Waals surface area contributed by atoms with Crippen molar-refractivity contribution in [1.29, 1.82) is 0 Å². The van der Waals surface area contributed by atoms with Crippen molar-refractivity contribution >= 4 is 0 Å². The lowest BCUT2D eigenvalue weighted by atomic mass is 9.99. The van der Waals surface area contributed by atoms with Crippen LogP contribution in [-0.2, 0) is 0 Å². The Kier molecular flexibility index (Phi) is 3.92. The summed E-state index contributed by atoms with van der Waals surface area (Å²) in [5, 5.41) is 0. The Morgan fingerprint density at radius 1 is 1.53 bits per heavy atom. The van der Waals surface area contributed by atoms with E-state index in [1.54, 1.807) is 7.11 Å². The Hall–Kier alpha value is -1.28. The molecule has 0 saturated carbocycles. The van der Waals surface area contributed by atoms with E-state index in [2.05, 4.69) is 12.6 Å². The maximum Gasteiger partial charge on any atom is 0.121 e. The van der Waals surface area contributed by atoms with Crippen LogP contribution in [0.4, 0.5) is 0 Å². The molecule has 82 valence electrons. The molecule has 0 aliphatic heterocycles. The van der Waals surface area contributed by atoms with Gasteiger partial charge in [0, 0.05) is 6.04 Å². The second kappa shape index (κ2) is 4.99. The summed E-state index contributed by atoms with van der Waals surface area (Å²) >= 11 is 0. The number of ether oxygens (including phenoxy) is 1. The van der Waals surface area contributed by atoms with E-state index < -0.39 is 0 Å². The molecule has 0 bridgehead atoms. The standard InChI is InChI=1S/C13H19NO/c1-9(2)7-12(14)11-5-6-13(15-4)10(3)8-11/h5-6,8,12H,1,7,14H2,2-4H3. The van der Waals surface area contributed by atoms with E-state index in [4.69, 9.17) is 10.5 Å². The minimum Gasteiger partial charge on any atom is -0.496 e. The minimum absolute atomic E-state index is 0.0344. The van der Waals surface area contributed by atoms with Gasteiger partial charge in [-0.25, -0.2) is 0 Å². The molecule has 0 aliphatic rings. The quantitative estimate of drug-likeness (QED) is 0.767. The number of nitrogens with two attached hydrogens (primary N) is 1.